The third-order valence-electron chi connectivity index (χ3n) is 5.95. The van der Waals surface area contributed by atoms with Crippen LogP contribution < -0.4 is 4.90 Å². The van der Waals surface area contributed by atoms with Crippen LogP contribution in [0.5, 0.6) is 0 Å². The maximum Gasteiger partial charge on any atom is 0.261 e. The van der Waals surface area contributed by atoms with Gasteiger partial charge in [0.1, 0.15) is 0 Å². The van der Waals surface area contributed by atoms with Crippen molar-refractivity contribution in [1.82, 2.24) is 14.9 Å². The highest BCUT2D eigenvalue weighted by atomic mass is 32.1. The molecule has 2 atom stereocenters. The van der Waals surface area contributed by atoms with Crippen LogP contribution in [0.2, 0.25) is 0 Å². The molecular formula is C24H28N4OS. The van der Waals surface area contributed by atoms with Crippen molar-refractivity contribution in [2.75, 3.05) is 24.5 Å². The first-order valence-electron chi connectivity index (χ1n) is 10.7. The number of benzene rings is 1. The van der Waals surface area contributed by atoms with Gasteiger partial charge in [0.05, 0.1) is 5.56 Å². The van der Waals surface area contributed by atoms with Gasteiger partial charge in [0.2, 0.25) is 5.95 Å². The van der Waals surface area contributed by atoms with Crippen molar-refractivity contribution < 1.29 is 4.79 Å². The Hall–Kier alpha value is -2.57. The fraction of sp³-hybridized carbons (Fsp3) is 0.375. The molecular weight excluding hydrogens is 392 g/mol. The van der Waals surface area contributed by atoms with Crippen molar-refractivity contribution in [3.05, 3.63) is 76.7 Å². The van der Waals surface area contributed by atoms with Gasteiger partial charge in [0, 0.05) is 43.4 Å². The average molecular weight is 421 g/mol. The molecule has 0 aliphatic carbocycles. The summed E-state index contributed by atoms with van der Waals surface area (Å²) in [6, 6.07) is 14.4. The second-order valence-electron chi connectivity index (χ2n) is 7.80. The summed E-state index contributed by atoms with van der Waals surface area (Å²) in [7, 11) is 0. The van der Waals surface area contributed by atoms with E-state index in [1.807, 2.05) is 21.7 Å². The molecule has 0 spiro atoms. The molecule has 1 saturated heterocycles. The normalized spacial score (nSPS) is 19.5. The number of likely N-dealkylation sites (tertiary alicyclic amines) is 1. The minimum Gasteiger partial charge on any atom is -0.303 e. The number of thiophene rings is 1. The Balaban J connectivity index is 1.50. The summed E-state index contributed by atoms with van der Waals surface area (Å²) in [6.45, 7) is 5.24. The standard InChI is InChI=1S/C24H28N4OS/c1-2-20-17-27(14-9-19-7-4-3-5-8-19)15-10-22(20)28(24-25-12-6-13-26-24)23(29)21-11-16-30-18-21/h3-8,11-13,16,18,20,22H,2,9-10,14-15,17H2,1H3/t20-,22+/m1/s1. The van der Waals surface area contributed by atoms with Crippen LogP contribution in [0, 0.1) is 5.92 Å². The quantitative estimate of drug-likeness (QED) is 0.564. The number of hydrogen-bond acceptors (Lipinski definition) is 5. The first kappa shape index (κ1) is 20.7. The number of amides is 1. The van der Waals surface area contributed by atoms with Gasteiger partial charge in [-0.15, -0.1) is 0 Å². The minimum absolute atomic E-state index is 0.00337. The van der Waals surface area contributed by atoms with Gasteiger partial charge in [-0.05, 0) is 41.8 Å². The number of carbonyl (C=O) groups is 1. The van der Waals surface area contributed by atoms with E-state index < -0.39 is 0 Å². The second kappa shape index (κ2) is 9.96. The van der Waals surface area contributed by atoms with E-state index in [0.717, 1.165) is 38.9 Å². The summed E-state index contributed by atoms with van der Waals surface area (Å²) in [5.41, 5.74) is 2.09. The summed E-state index contributed by atoms with van der Waals surface area (Å²) >= 11 is 1.54. The molecule has 1 aromatic carbocycles. The maximum absolute atomic E-state index is 13.4. The fourth-order valence-electron chi connectivity index (χ4n) is 4.30. The van der Waals surface area contributed by atoms with Crippen LogP contribution in [0.15, 0.2) is 65.6 Å². The lowest BCUT2D eigenvalue weighted by molar-refractivity contribution is 0.0918. The van der Waals surface area contributed by atoms with Gasteiger partial charge >= 0.3 is 0 Å². The summed E-state index contributed by atoms with van der Waals surface area (Å²) in [4.78, 5) is 26.7. The molecule has 0 radical (unpaired) electrons. The molecule has 6 heteroatoms. The van der Waals surface area contributed by atoms with Crippen LogP contribution in [0.1, 0.15) is 35.7 Å². The lowest BCUT2D eigenvalue weighted by atomic mass is 9.88. The van der Waals surface area contributed by atoms with Gasteiger partial charge in [-0.3, -0.25) is 9.69 Å². The highest BCUT2D eigenvalue weighted by molar-refractivity contribution is 7.08. The smallest absolute Gasteiger partial charge is 0.261 e. The fourth-order valence-corrected chi connectivity index (χ4v) is 4.93. The van der Waals surface area contributed by atoms with Crippen molar-refractivity contribution in [3.63, 3.8) is 0 Å². The number of aromatic nitrogens is 2. The predicted octanol–water partition coefficient (Wildman–Crippen LogP) is 4.53. The topological polar surface area (TPSA) is 49.3 Å². The highest BCUT2D eigenvalue weighted by Crippen LogP contribution is 2.29. The van der Waals surface area contributed by atoms with E-state index in [4.69, 9.17) is 0 Å². The Labute approximate surface area is 182 Å². The SMILES string of the molecule is CC[C@@H]1CN(CCc2ccccc2)CC[C@@H]1N(C(=O)c1ccsc1)c1ncccn1. The molecule has 2 aromatic heterocycles. The third kappa shape index (κ3) is 4.77. The van der Waals surface area contributed by atoms with Gasteiger partial charge < -0.3 is 4.90 Å². The number of rotatable bonds is 7. The monoisotopic (exact) mass is 420 g/mol. The Bertz CT molecular complexity index is 917. The summed E-state index contributed by atoms with van der Waals surface area (Å²) in [5, 5.41) is 3.86. The second-order valence-corrected chi connectivity index (χ2v) is 8.58. The lowest BCUT2D eigenvalue weighted by Crippen LogP contribution is -2.53. The van der Waals surface area contributed by atoms with Crippen molar-refractivity contribution in [3.8, 4) is 0 Å². The number of anilines is 1. The molecule has 156 valence electrons. The van der Waals surface area contributed by atoms with Crippen molar-refractivity contribution in [1.29, 1.82) is 0 Å². The van der Waals surface area contributed by atoms with E-state index >= 15 is 0 Å². The lowest BCUT2D eigenvalue weighted by Gasteiger charge is -2.43. The van der Waals surface area contributed by atoms with Gasteiger partial charge in [-0.25, -0.2) is 9.97 Å². The zero-order valence-corrected chi connectivity index (χ0v) is 18.2. The molecule has 0 saturated carbocycles. The third-order valence-corrected chi connectivity index (χ3v) is 6.63. The molecule has 1 amide bonds. The number of carbonyl (C=O) groups excluding carboxylic acids is 1. The number of hydrogen-bond donors (Lipinski definition) is 0. The molecule has 1 aliphatic rings. The van der Waals surface area contributed by atoms with E-state index in [2.05, 4.69) is 52.1 Å². The minimum atomic E-state index is 0.00337. The van der Waals surface area contributed by atoms with Crippen LogP contribution in [-0.4, -0.2) is 46.5 Å². The first-order chi connectivity index (χ1) is 14.8. The zero-order chi connectivity index (χ0) is 20.8. The van der Waals surface area contributed by atoms with E-state index in [1.165, 1.54) is 5.56 Å². The highest BCUT2D eigenvalue weighted by Gasteiger charge is 2.37. The predicted molar refractivity (Wildman–Crippen MR) is 122 cm³/mol. The molecule has 30 heavy (non-hydrogen) atoms. The molecule has 1 fully saturated rings. The Morgan fingerprint density at radius 2 is 1.97 bits per heavy atom. The van der Waals surface area contributed by atoms with Crippen LogP contribution >= 0.6 is 11.3 Å². The Morgan fingerprint density at radius 3 is 2.67 bits per heavy atom. The van der Waals surface area contributed by atoms with Gasteiger partial charge in [0.25, 0.3) is 5.91 Å². The molecule has 3 heterocycles. The molecule has 1 aliphatic heterocycles. The van der Waals surface area contributed by atoms with E-state index in [1.54, 1.807) is 29.8 Å². The van der Waals surface area contributed by atoms with Gasteiger partial charge in [-0.1, -0.05) is 43.7 Å². The van der Waals surface area contributed by atoms with Crippen molar-refractivity contribution in [2.45, 2.75) is 32.2 Å². The van der Waals surface area contributed by atoms with Crippen LogP contribution in [0.25, 0.3) is 0 Å². The zero-order valence-electron chi connectivity index (χ0n) is 17.4. The van der Waals surface area contributed by atoms with E-state index in [0.29, 0.717) is 17.4 Å². The Morgan fingerprint density at radius 1 is 1.17 bits per heavy atom. The number of nitrogens with zero attached hydrogens (tertiary/aromatic N) is 4. The maximum atomic E-state index is 13.4. The molecule has 0 bridgehead atoms. The average Bonchev–Trinajstić information content (AvgIpc) is 3.35. The molecule has 0 unspecified atom stereocenters. The molecule has 5 nitrogen and oxygen atoms in total. The largest absolute Gasteiger partial charge is 0.303 e. The van der Waals surface area contributed by atoms with Crippen molar-refractivity contribution in [2.24, 2.45) is 5.92 Å². The van der Waals surface area contributed by atoms with Crippen LogP contribution in [0.3, 0.4) is 0 Å². The van der Waals surface area contributed by atoms with E-state index in [-0.39, 0.29) is 11.9 Å². The summed E-state index contributed by atoms with van der Waals surface area (Å²) in [5.74, 6) is 0.902. The van der Waals surface area contributed by atoms with Gasteiger partial charge in [-0.2, -0.15) is 11.3 Å². The Kier molecular flexibility index (Phi) is 6.87. The molecule has 4 rings (SSSR count). The number of piperidine rings is 1. The van der Waals surface area contributed by atoms with Crippen molar-refractivity contribution >= 4 is 23.2 Å². The van der Waals surface area contributed by atoms with Gasteiger partial charge in [0.15, 0.2) is 0 Å². The first-order valence-corrected chi connectivity index (χ1v) is 11.6. The molecule has 0 N–H and O–H groups in total. The molecule has 3 aromatic rings. The van der Waals surface area contributed by atoms with Crippen LogP contribution in [-0.2, 0) is 6.42 Å². The van der Waals surface area contributed by atoms with E-state index in [9.17, 15) is 4.79 Å². The summed E-state index contributed by atoms with van der Waals surface area (Å²) in [6.07, 6.45) is 6.44. The summed E-state index contributed by atoms with van der Waals surface area (Å²) < 4.78 is 0. The van der Waals surface area contributed by atoms with Crippen LogP contribution in [0.4, 0.5) is 5.95 Å².